The Kier molecular flexibility index (Phi) is 4.89. The van der Waals surface area contributed by atoms with E-state index < -0.39 is 0 Å². The summed E-state index contributed by atoms with van der Waals surface area (Å²) < 4.78 is 0. The summed E-state index contributed by atoms with van der Waals surface area (Å²) in [4.78, 5) is 3.95. The van der Waals surface area contributed by atoms with Gasteiger partial charge in [-0.1, -0.05) is 12.1 Å². The number of nitrogens with one attached hydrogen (secondary N) is 1. The zero-order valence-electron chi connectivity index (χ0n) is 10.8. The molecule has 0 amide bonds. The summed E-state index contributed by atoms with van der Waals surface area (Å²) in [6, 6.07) is 6.88. The number of rotatable bonds is 4. The van der Waals surface area contributed by atoms with Gasteiger partial charge in [0.25, 0.3) is 0 Å². The first-order valence-corrected chi connectivity index (χ1v) is 7.58. The molecule has 0 bridgehead atoms. The first-order valence-electron chi connectivity index (χ1n) is 6.36. The lowest BCUT2D eigenvalue weighted by Gasteiger charge is -2.27. The molecule has 0 atom stereocenters. The number of aryl methyl sites for hydroxylation is 1. The Balaban J connectivity index is 1.87. The molecule has 2 rings (SSSR count). The van der Waals surface area contributed by atoms with E-state index in [2.05, 4.69) is 41.6 Å². The second kappa shape index (κ2) is 6.43. The smallest absolute Gasteiger partial charge is 0.0108 e. The summed E-state index contributed by atoms with van der Waals surface area (Å²) in [6.45, 7) is 8.08. The molecule has 0 aliphatic carbocycles. The second-order valence-corrected chi connectivity index (χ2v) is 5.49. The molecule has 94 valence electrons. The van der Waals surface area contributed by atoms with Crippen molar-refractivity contribution < 1.29 is 0 Å². The van der Waals surface area contributed by atoms with Crippen LogP contribution < -0.4 is 5.32 Å². The van der Waals surface area contributed by atoms with Gasteiger partial charge < -0.3 is 10.2 Å². The number of hydrogen-bond acceptors (Lipinski definition) is 3. The molecule has 1 heterocycles. The summed E-state index contributed by atoms with van der Waals surface area (Å²) in [5.74, 6) is 0. The molecular weight excluding hydrogens is 228 g/mol. The average molecular weight is 250 g/mol. The van der Waals surface area contributed by atoms with Crippen LogP contribution in [-0.4, -0.2) is 43.9 Å². The minimum atomic E-state index is 1.14. The van der Waals surface area contributed by atoms with Gasteiger partial charge in [0.05, 0.1) is 0 Å². The monoisotopic (exact) mass is 250 g/mol. The van der Waals surface area contributed by atoms with E-state index >= 15 is 0 Å². The maximum Gasteiger partial charge on any atom is 0.0108 e. The zero-order valence-corrected chi connectivity index (χ0v) is 11.6. The molecule has 1 aromatic rings. The molecule has 1 saturated heterocycles. The highest BCUT2D eigenvalue weighted by Gasteiger charge is 2.09. The van der Waals surface area contributed by atoms with Gasteiger partial charge in [0.2, 0.25) is 0 Å². The molecule has 17 heavy (non-hydrogen) atoms. The molecule has 0 spiro atoms. The second-order valence-electron chi connectivity index (χ2n) is 4.65. The highest BCUT2D eigenvalue weighted by Crippen LogP contribution is 2.20. The van der Waals surface area contributed by atoms with Crippen molar-refractivity contribution in [3.05, 3.63) is 29.3 Å². The summed E-state index contributed by atoms with van der Waals surface area (Å²) in [6.07, 6.45) is 3.32. The highest BCUT2D eigenvalue weighted by atomic mass is 32.2. The van der Waals surface area contributed by atoms with Crippen molar-refractivity contribution in [1.29, 1.82) is 0 Å². The molecule has 1 aliphatic rings. The third-order valence-corrected chi connectivity index (χ3v) is 4.28. The van der Waals surface area contributed by atoms with Gasteiger partial charge in [-0.25, -0.2) is 0 Å². The lowest BCUT2D eigenvalue weighted by atomic mass is 10.1. The molecule has 0 aromatic heterocycles. The third kappa shape index (κ3) is 3.73. The van der Waals surface area contributed by atoms with Gasteiger partial charge >= 0.3 is 0 Å². The first-order chi connectivity index (χ1) is 8.29. The van der Waals surface area contributed by atoms with E-state index in [1.54, 1.807) is 0 Å². The maximum absolute atomic E-state index is 3.39. The summed E-state index contributed by atoms with van der Waals surface area (Å²) in [7, 11) is 0. The van der Waals surface area contributed by atoms with Crippen molar-refractivity contribution in [3.8, 4) is 0 Å². The molecule has 1 fully saturated rings. The molecule has 0 saturated carbocycles. The van der Waals surface area contributed by atoms with Crippen molar-refractivity contribution in [2.75, 3.05) is 39.0 Å². The molecule has 0 radical (unpaired) electrons. The van der Waals surface area contributed by atoms with E-state index in [9.17, 15) is 0 Å². The van der Waals surface area contributed by atoms with Crippen LogP contribution in [-0.2, 0) is 6.42 Å². The van der Waals surface area contributed by atoms with Gasteiger partial charge in [0.1, 0.15) is 0 Å². The number of benzene rings is 1. The Labute approximate surface area is 109 Å². The SMILES string of the molecule is CSc1ccc(CCN2CCNCC2)cc1C. The molecule has 1 aliphatic heterocycles. The standard InChI is InChI=1S/C14H22N2S/c1-12-11-13(3-4-14(12)17-2)5-8-16-9-6-15-7-10-16/h3-4,11,15H,5-10H2,1-2H3. The average Bonchev–Trinajstić information content (AvgIpc) is 2.38. The third-order valence-electron chi connectivity index (χ3n) is 3.39. The van der Waals surface area contributed by atoms with Crippen LogP contribution >= 0.6 is 11.8 Å². The number of thioether (sulfide) groups is 1. The van der Waals surface area contributed by atoms with Gasteiger partial charge in [-0.15, -0.1) is 11.8 Å². The Bertz CT molecular complexity index is 359. The Hall–Kier alpha value is -0.510. The fraction of sp³-hybridized carbons (Fsp3) is 0.571. The summed E-state index contributed by atoms with van der Waals surface area (Å²) in [5.41, 5.74) is 2.88. The molecule has 1 aromatic carbocycles. The predicted molar refractivity (Wildman–Crippen MR) is 76.0 cm³/mol. The van der Waals surface area contributed by atoms with Crippen LogP contribution in [0.1, 0.15) is 11.1 Å². The van der Waals surface area contributed by atoms with E-state index in [0.717, 1.165) is 13.1 Å². The first kappa shape index (κ1) is 12.9. The van der Waals surface area contributed by atoms with Gasteiger partial charge in [-0.2, -0.15) is 0 Å². The van der Waals surface area contributed by atoms with Gasteiger partial charge in [-0.3, -0.25) is 0 Å². The van der Waals surface area contributed by atoms with Crippen LogP contribution in [0, 0.1) is 6.92 Å². The minimum Gasteiger partial charge on any atom is -0.314 e. The van der Waals surface area contributed by atoms with E-state index in [0.29, 0.717) is 0 Å². The van der Waals surface area contributed by atoms with Crippen LogP contribution in [0.4, 0.5) is 0 Å². The topological polar surface area (TPSA) is 15.3 Å². The Morgan fingerprint density at radius 3 is 2.71 bits per heavy atom. The van der Waals surface area contributed by atoms with Gasteiger partial charge in [-0.05, 0) is 36.8 Å². The number of piperazine rings is 1. The fourth-order valence-electron chi connectivity index (χ4n) is 2.32. The zero-order chi connectivity index (χ0) is 12.1. The molecule has 1 N–H and O–H groups in total. The quantitative estimate of drug-likeness (QED) is 0.825. The van der Waals surface area contributed by atoms with Crippen molar-refractivity contribution in [2.24, 2.45) is 0 Å². The Morgan fingerprint density at radius 2 is 2.06 bits per heavy atom. The highest BCUT2D eigenvalue weighted by molar-refractivity contribution is 7.98. The van der Waals surface area contributed by atoms with E-state index in [1.807, 2.05) is 11.8 Å². The van der Waals surface area contributed by atoms with Crippen LogP contribution in [0.15, 0.2) is 23.1 Å². The largest absolute Gasteiger partial charge is 0.314 e. The van der Waals surface area contributed by atoms with E-state index in [4.69, 9.17) is 0 Å². The Morgan fingerprint density at radius 1 is 1.29 bits per heavy atom. The number of nitrogens with zero attached hydrogens (tertiary/aromatic N) is 1. The molecule has 0 unspecified atom stereocenters. The fourth-order valence-corrected chi connectivity index (χ4v) is 2.90. The molecular formula is C14H22N2S. The van der Waals surface area contributed by atoms with Crippen molar-refractivity contribution >= 4 is 11.8 Å². The van der Waals surface area contributed by atoms with Gasteiger partial charge in [0, 0.05) is 37.6 Å². The summed E-state index contributed by atoms with van der Waals surface area (Å²) >= 11 is 1.83. The minimum absolute atomic E-state index is 1.14. The summed E-state index contributed by atoms with van der Waals surface area (Å²) in [5, 5.41) is 3.39. The van der Waals surface area contributed by atoms with E-state index in [-0.39, 0.29) is 0 Å². The van der Waals surface area contributed by atoms with Crippen LogP contribution in [0.25, 0.3) is 0 Å². The molecule has 2 nitrogen and oxygen atoms in total. The van der Waals surface area contributed by atoms with Gasteiger partial charge in [0.15, 0.2) is 0 Å². The van der Waals surface area contributed by atoms with Crippen LogP contribution in [0.3, 0.4) is 0 Å². The van der Waals surface area contributed by atoms with Crippen LogP contribution in [0.2, 0.25) is 0 Å². The lowest BCUT2D eigenvalue weighted by molar-refractivity contribution is 0.244. The predicted octanol–water partition coefficient (Wildman–Crippen LogP) is 2.16. The normalized spacial score (nSPS) is 17.3. The van der Waals surface area contributed by atoms with Crippen molar-refractivity contribution in [3.63, 3.8) is 0 Å². The van der Waals surface area contributed by atoms with Crippen molar-refractivity contribution in [2.45, 2.75) is 18.2 Å². The molecule has 3 heteroatoms. The van der Waals surface area contributed by atoms with Crippen LogP contribution in [0.5, 0.6) is 0 Å². The van der Waals surface area contributed by atoms with E-state index in [1.165, 1.54) is 42.1 Å². The number of hydrogen-bond donors (Lipinski definition) is 1. The maximum atomic E-state index is 3.39. The van der Waals surface area contributed by atoms with Crippen molar-refractivity contribution in [1.82, 2.24) is 10.2 Å². The lowest BCUT2D eigenvalue weighted by Crippen LogP contribution is -2.44.